The van der Waals surface area contributed by atoms with Gasteiger partial charge in [-0.2, -0.15) is 0 Å². The summed E-state index contributed by atoms with van der Waals surface area (Å²) in [4.78, 5) is 40.9. The lowest BCUT2D eigenvalue weighted by molar-refractivity contribution is -0.127. The fourth-order valence-electron chi connectivity index (χ4n) is 4.43. The van der Waals surface area contributed by atoms with E-state index in [1.54, 1.807) is 18.2 Å². The van der Waals surface area contributed by atoms with Gasteiger partial charge in [-0.3, -0.25) is 19.3 Å². The third kappa shape index (κ3) is 5.39. The number of anilines is 1. The first-order valence-corrected chi connectivity index (χ1v) is 11.5. The summed E-state index contributed by atoms with van der Waals surface area (Å²) in [5.74, 6) is -0.823. The van der Waals surface area contributed by atoms with Crippen LogP contribution in [0.3, 0.4) is 0 Å². The summed E-state index contributed by atoms with van der Waals surface area (Å²) in [6, 6.07) is 11.2. The van der Waals surface area contributed by atoms with Crippen LogP contribution in [0.1, 0.15) is 59.2 Å². The minimum atomic E-state index is -1.02. The highest BCUT2D eigenvalue weighted by Crippen LogP contribution is 2.31. The molecule has 2 N–H and O–H groups in total. The van der Waals surface area contributed by atoms with Gasteiger partial charge in [0.25, 0.3) is 11.8 Å². The van der Waals surface area contributed by atoms with E-state index in [-0.39, 0.29) is 24.3 Å². The molecule has 0 spiro atoms. The predicted molar refractivity (Wildman–Crippen MR) is 126 cm³/mol. The Morgan fingerprint density at radius 3 is 2.29 bits per heavy atom. The Morgan fingerprint density at radius 2 is 1.68 bits per heavy atom. The van der Waals surface area contributed by atoms with Gasteiger partial charge in [-0.25, -0.2) is 0 Å². The topological polar surface area (TPSA) is 105 Å². The van der Waals surface area contributed by atoms with E-state index >= 15 is 0 Å². The van der Waals surface area contributed by atoms with E-state index < -0.39 is 17.9 Å². The molecule has 8 heteroatoms. The molecule has 34 heavy (non-hydrogen) atoms. The molecule has 1 atom stereocenters. The van der Waals surface area contributed by atoms with Crippen molar-refractivity contribution in [3.8, 4) is 0 Å². The highest BCUT2D eigenvalue weighted by atomic mass is 16.3. The van der Waals surface area contributed by atoms with Crippen LogP contribution in [0.5, 0.6) is 0 Å². The van der Waals surface area contributed by atoms with Crippen LogP contribution in [-0.4, -0.2) is 30.3 Å². The van der Waals surface area contributed by atoms with Crippen LogP contribution >= 0.6 is 0 Å². The zero-order valence-electron chi connectivity index (χ0n) is 19.4. The first-order chi connectivity index (χ1) is 16.4. The van der Waals surface area contributed by atoms with Gasteiger partial charge in [0.1, 0.15) is 5.76 Å². The maximum atomic E-state index is 13.6. The van der Waals surface area contributed by atoms with E-state index in [4.69, 9.17) is 8.83 Å². The second-order valence-electron chi connectivity index (χ2n) is 8.68. The van der Waals surface area contributed by atoms with Crippen molar-refractivity contribution in [2.75, 3.05) is 11.4 Å². The highest BCUT2D eigenvalue weighted by molar-refractivity contribution is 6.04. The molecule has 3 aromatic rings. The number of nitrogens with one attached hydrogen (secondary N) is 2. The third-order valence-corrected chi connectivity index (χ3v) is 5.92. The van der Waals surface area contributed by atoms with Crippen LogP contribution in [-0.2, 0) is 9.59 Å². The first-order valence-electron chi connectivity index (χ1n) is 11.5. The summed E-state index contributed by atoms with van der Waals surface area (Å²) in [6.07, 6.45) is 6.82. The Morgan fingerprint density at radius 1 is 1.00 bits per heavy atom. The second-order valence-corrected chi connectivity index (χ2v) is 8.68. The van der Waals surface area contributed by atoms with Crippen molar-refractivity contribution in [1.29, 1.82) is 0 Å². The molecule has 1 aliphatic rings. The maximum Gasteiger partial charge on any atom is 0.287 e. The number of nitrogens with zero attached hydrogens (tertiary/aromatic N) is 1. The van der Waals surface area contributed by atoms with Gasteiger partial charge in [-0.1, -0.05) is 18.9 Å². The smallest absolute Gasteiger partial charge is 0.287 e. The lowest BCUT2D eigenvalue weighted by Gasteiger charge is -2.31. The Labute approximate surface area is 198 Å². The number of rotatable bonds is 8. The number of hydrogen-bond acceptors (Lipinski definition) is 5. The van der Waals surface area contributed by atoms with Crippen LogP contribution in [0.15, 0.2) is 63.8 Å². The Hall–Kier alpha value is -3.81. The Bertz CT molecular complexity index is 1110. The van der Waals surface area contributed by atoms with Gasteiger partial charge in [-0.15, -0.1) is 0 Å². The van der Waals surface area contributed by atoms with Crippen molar-refractivity contribution in [2.45, 2.75) is 51.6 Å². The summed E-state index contributed by atoms with van der Waals surface area (Å²) in [7, 11) is 0. The molecule has 0 aliphatic heterocycles. The Balaban J connectivity index is 1.67. The predicted octanol–water partition coefficient (Wildman–Crippen LogP) is 4.05. The lowest BCUT2D eigenvalue weighted by atomic mass is 10.1. The highest BCUT2D eigenvalue weighted by Gasteiger charge is 2.36. The number of benzene rings is 1. The minimum absolute atomic E-state index is 0.0693. The fourth-order valence-corrected chi connectivity index (χ4v) is 4.43. The van der Waals surface area contributed by atoms with E-state index in [0.29, 0.717) is 11.4 Å². The molecule has 3 amide bonds. The van der Waals surface area contributed by atoms with E-state index in [1.807, 2.05) is 32.0 Å². The number of carbonyl (C=O) groups is 3. The average molecular weight is 464 g/mol. The molecule has 8 nitrogen and oxygen atoms in total. The molecule has 2 heterocycles. The van der Waals surface area contributed by atoms with Crippen molar-refractivity contribution in [1.82, 2.24) is 10.6 Å². The molecule has 0 unspecified atom stereocenters. The number of amides is 3. The number of carbonyl (C=O) groups excluding carboxylic acids is 3. The van der Waals surface area contributed by atoms with Gasteiger partial charge in [-0.05, 0) is 74.2 Å². The van der Waals surface area contributed by atoms with Gasteiger partial charge in [0.15, 0.2) is 11.8 Å². The zero-order chi connectivity index (χ0) is 24.1. The van der Waals surface area contributed by atoms with Crippen LogP contribution in [0.25, 0.3) is 0 Å². The number of furan rings is 2. The summed E-state index contributed by atoms with van der Waals surface area (Å²) < 4.78 is 10.7. The zero-order valence-corrected chi connectivity index (χ0v) is 19.4. The van der Waals surface area contributed by atoms with E-state index in [0.717, 1.165) is 36.8 Å². The minimum Gasteiger partial charge on any atom is -0.467 e. The molecule has 1 fully saturated rings. The lowest BCUT2D eigenvalue weighted by Crippen LogP contribution is -2.49. The van der Waals surface area contributed by atoms with Crippen molar-refractivity contribution < 1.29 is 23.2 Å². The molecule has 1 aliphatic carbocycles. The van der Waals surface area contributed by atoms with Crippen molar-refractivity contribution in [3.05, 3.63) is 77.6 Å². The molecule has 0 bridgehead atoms. The van der Waals surface area contributed by atoms with Crippen LogP contribution in [0, 0.1) is 13.8 Å². The van der Waals surface area contributed by atoms with Gasteiger partial charge < -0.3 is 19.5 Å². The number of aryl methyl sites for hydroxylation is 2. The molecule has 0 saturated heterocycles. The van der Waals surface area contributed by atoms with Crippen LogP contribution in [0.4, 0.5) is 5.69 Å². The van der Waals surface area contributed by atoms with Gasteiger partial charge in [0.2, 0.25) is 5.91 Å². The summed E-state index contributed by atoms with van der Waals surface area (Å²) in [5.41, 5.74) is 2.45. The molecule has 2 aromatic heterocycles. The van der Waals surface area contributed by atoms with Gasteiger partial charge >= 0.3 is 0 Å². The summed E-state index contributed by atoms with van der Waals surface area (Å²) >= 11 is 0. The fraction of sp³-hybridized carbons (Fsp3) is 0.346. The molecule has 0 radical (unpaired) electrons. The average Bonchev–Trinajstić information content (AvgIpc) is 3.58. The summed E-state index contributed by atoms with van der Waals surface area (Å²) in [6.45, 7) is 3.54. The quantitative estimate of drug-likeness (QED) is 0.524. The molecular formula is C26H29N3O5. The van der Waals surface area contributed by atoms with Gasteiger partial charge in [0.05, 0.1) is 19.1 Å². The van der Waals surface area contributed by atoms with Crippen molar-refractivity contribution in [3.63, 3.8) is 0 Å². The monoisotopic (exact) mass is 463 g/mol. The normalized spacial score (nSPS) is 14.5. The first kappa shape index (κ1) is 23.4. The maximum absolute atomic E-state index is 13.6. The largest absolute Gasteiger partial charge is 0.467 e. The molecule has 4 rings (SSSR count). The standard InChI is InChI=1S/C26H29N3O5/c1-17-13-18(2)15-20(14-17)29(23(30)16-27-25(31)22-10-6-12-34-22)24(21-9-5-11-33-21)26(32)28-19-7-3-4-8-19/h5-6,9-15,19,24H,3-4,7-8,16H2,1-2H3,(H,27,31)(H,28,32)/t24-/m1/s1. The van der Waals surface area contributed by atoms with Crippen LogP contribution < -0.4 is 15.5 Å². The Kier molecular flexibility index (Phi) is 7.15. The molecule has 1 saturated carbocycles. The van der Waals surface area contributed by atoms with Crippen molar-refractivity contribution in [2.24, 2.45) is 0 Å². The SMILES string of the molecule is Cc1cc(C)cc(N(C(=O)CNC(=O)c2ccco2)[C@@H](C(=O)NC2CCCC2)c2ccco2)c1. The second kappa shape index (κ2) is 10.4. The van der Waals surface area contributed by atoms with Crippen molar-refractivity contribution >= 4 is 23.4 Å². The molecular weight excluding hydrogens is 434 g/mol. The summed E-state index contributed by atoms with van der Waals surface area (Å²) in [5, 5.41) is 5.68. The molecule has 1 aromatic carbocycles. The third-order valence-electron chi connectivity index (χ3n) is 5.92. The van der Waals surface area contributed by atoms with E-state index in [2.05, 4.69) is 10.6 Å². The van der Waals surface area contributed by atoms with Gasteiger partial charge in [0, 0.05) is 11.7 Å². The van der Waals surface area contributed by atoms with E-state index in [1.165, 1.54) is 23.5 Å². The molecule has 178 valence electrons. The number of hydrogen-bond donors (Lipinski definition) is 2. The van der Waals surface area contributed by atoms with Crippen LogP contribution in [0.2, 0.25) is 0 Å². The van der Waals surface area contributed by atoms with E-state index in [9.17, 15) is 14.4 Å².